The van der Waals surface area contributed by atoms with Crippen LogP contribution in [0.3, 0.4) is 0 Å². The van der Waals surface area contributed by atoms with Gasteiger partial charge in [0.2, 0.25) is 0 Å². The SMILES string of the molecule is Cc1ccc(N)c(NC(C)c2ccccc2C)c1. The van der Waals surface area contributed by atoms with Crippen molar-refractivity contribution in [2.75, 3.05) is 11.1 Å². The van der Waals surface area contributed by atoms with Crippen molar-refractivity contribution in [2.24, 2.45) is 0 Å². The fourth-order valence-electron chi connectivity index (χ4n) is 2.18. The Morgan fingerprint density at radius 2 is 1.78 bits per heavy atom. The molecule has 0 radical (unpaired) electrons. The number of nitrogen functional groups attached to an aromatic ring is 1. The number of nitrogens with two attached hydrogens (primary N) is 1. The lowest BCUT2D eigenvalue weighted by molar-refractivity contribution is 0.874. The normalized spacial score (nSPS) is 12.2. The second kappa shape index (κ2) is 5.13. The van der Waals surface area contributed by atoms with Crippen LogP contribution in [0.2, 0.25) is 0 Å². The van der Waals surface area contributed by atoms with Crippen LogP contribution < -0.4 is 11.1 Å². The molecule has 2 aromatic rings. The van der Waals surface area contributed by atoms with E-state index in [1.165, 1.54) is 16.7 Å². The molecule has 0 heterocycles. The van der Waals surface area contributed by atoms with Gasteiger partial charge in [-0.15, -0.1) is 0 Å². The molecule has 3 N–H and O–H groups in total. The zero-order chi connectivity index (χ0) is 13.1. The van der Waals surface area contributed by atoms with Crippen molar-refractivity contribution in [3.8, 4) is 0 Å². The Labute approximate surface area is 109 Å². The first-order valence-corrected chi connectivity index (χ1v) is 6.26. The maximum absolute atomic E-state index is 5.99. The van der Waals surface area contributed by atoms with Gasteiger partial charge in [0.05, 0.1) is 11.4 Å². The molecule has 2 nitrogen and oxygen atoms in total. The summed E-state index contributed by atoms with van der Waals surface area (Å²) in [5.74, 6) is 0. The van der Waals surface area contributed by atoms with Gasteiger partial charge in [-0.25, -0.2) is 0 Å². The van der Waals surface area contributed by atoms with E-state index in [9.17, 15) is 0 Å². The first-order chi connectivity index (χ1) is 8.58. The Morgan fingerprint density at radius 3 is 2.50 bits per heavy atom. The standard InChI is InChI=1S/C16H20N2/c1-11-8-9-15(17)16(10-11)18-13(3)14-7-5-4-6-12(14)2/h4-10,13,18H,17H2,1-3H3. The number of nitrogens with one attached hydrogen (secondary N) is 1. The van der Waals surface area contributed by atoms with Gasteiger partial charge in [-0.3, -0.25) is 0 Å². The van der Waals surface area contributed by atoms with Crippen LogP contribution >= 0.6 is 0 Å². The van der Waals surface area contributed by atoms with Crippen LogP contribution in [0.25, 0.3) is 0 Å². The lowest BCUT2D eigenvalue weighted by atomic mass is 10.0. The molecule has 0 aliphatic carbocycles. The Hall–Kier alpha value is -1.96. The quantitative estimate of drug-likeness (QED) is 0.794. The molecule has 0 saturated carbocycles. The lowest BCUT2D eigenvalue weighted by Gasteiger charge is -2.19. The van der Waals surface area contributed by atoms with Gasteiger partial charge in [0.15, 0.2) is 0 Å². The summed E-state index contributed by atoms with van der Waals surface area (Å²) in [4.78, 5) is 0. The molecule has 0 aliphatic rings. The minimum atomic E-state index is 0.246. The average Bonchev–Trinajstić information content (AvgIpc) is 2.34. The minimum Gasteiger partial charge on any atom is -0.397 e. The highest BCUT2D eigenvalue weighted by Crippen LogP contribution is 2.26. The van der Waals surface area contributed by atoms with Crippen molar-refractivity contribution in [1.82, 2.24) is 0 Å². The van der Waals surface area contributed by atoms with Crippen molar-refractivity contribution in [3.05, 3.63) is 59.2 Å². The smallest absolute Gasteiger partial charge is 0.0581 e. The van der Waals surface area contributed by atoms with Gasteiger partial charge >= 0.3 is 0 Å². The number of rotatable bonds is 3. The molecule has 0 bridgehead atoms. The van der Waals surface area contributed by atoms with E-state index in [1.54, 1.807) is 0 Å². The van der Waals surface area contributed by atoms with E-state index in [1.807, 2.05) is 12.1 Å². The molecule has 2 rings (SSSR count). The topological polar surface area (TPSA) is 38.0 Å². The summed E-state index contributed by atoms with van der Waals surface area (Å²) in [7, 11) is 0. The molecule has 0 spiro atoms. The molecule has 1 unspecified atom stereocenters. The van der Waals surface area contributed by atoms with E-state index in [4.69, 9.17) is 5.73 Å². The van der Waals surface area contributed by atoms with Crippen LogP contribution in [0.4, 0.5) is 11.4 Å². The summed E-state index contributed by atoms with van der Waals surface area (Å²) in [5.41, 5.74) is 11.6. The largest absolute Gasteiger partial charge is 0.397 e. The van der Waals surface area contributed by atoms with E-state index in [2.05, 4.69) is 56.4 Å². The number of benzene rings is 2. The van der Waals surface area contributed by atoms with Crippen LogP contribution in [0, 0.1) is 13.8 Å². The third-order valence-electron chi connectivity index (χ3n) is 3.24. The fraction of sp³-hybridized carbons (Fsp3) is 0.250. The van der Waals surface area contributed by atoms with Gasteiger partial charge in [-0.1, -0.05) is 30.3 Å². The van der Waals surface area contributed by atoms with Gasteiger partial charge in [0.25, 0.3) is 0 Å². The highest BCUT2D eigenvalue weighted by Gasteiger charge is 2.09. The van der Waals surface area contributed by atoms with Crippen molar-refractivity contribution in [1.29, 1.82) is 0 Å². The first-order valence-electron chi connectivity index (χ1n) is 6.26. The maximum atomic E-state index is 5.99. The predicted molar refractivity (Wildman–Crippen MR) is 78.8 cm³/mol. The van der Waals surface area contributed by atoms with Gasteiger partial charge in [0, 0.05) is 6.04 Å². The van der Waals surface area contributed by atoms with Gasteiger partial charge in [0.1, 0.15) is 0 Å². The summed E-state index contributed by atoms with van der Waals surface area (Å²) in [6, 6.07) is 14.7. The number of aryl methyl sites for hydroxylation is 2. The molecule has 18 heavy (non-hydrogen) atoms. The van der Waals surface area contributed by atoms with Gasteiger partial charge < -0.3 is 11.1 Å². The average molecular weight is 240 g/mol. The molecule has 0 aromatic heterocycles. The summed E-state index contributed by atoms with van der Waals surface area (Å²) >= 11 is 0. The van der Waals surface area contributed by atoms with E-state index >= 15 is 0 Å². The second-order valence-corrected chi connectivity index (χ2v) is 4.81. The molecule has 0 amide bonds. The summed E-state index contributed by atoms with van der Waals surface area (Å²) in [6.45, 7) is 6.36. The van der Waals surface area contributed by atoms with Crippen LogP contribution in [-0.2, 0) is 0 Å². The third kappa shape index (κ3) is 2.65. The fourth-order valence-corrected chi connectivity index (χ4v) is 2.18. The Bertz CT molecular complexity index is 547. The Balaban J connectivity index is 2.24. The van der Waals surface area contributed by atoms with Crippen LogP contribution in [0.1, 0.15) is 29.7 Å². The first kappa shape index (κ1) is 12.5. The summed E-state index contributed by atoms with van der Waals surface area (Å²) in [5, 5.41) is 3.48. The molecular weight excluding hydrogens is 220 g/mol. The Kier molecular flexibility index (Phi) is 3.56. The van der Waals surface area contributed by atoms with Crippen molar-refractivity contribution >= 4 is 11.4 Å². The third-order valence-corrected chi connectivity index (χ3v) is 3.24. The zero-order valence-corrected chi connectivity index (χ0v) is 11.2. The summed E-state index contributed by atoms with van der Waals surface area (Å²) in [6.07, 6.45) is 0. The van der Waals surface area contributed by atoms with Crippen LogP contribution in [0.15, 0.2) is 42.5 Å². The number of hydrogen-bond acceptors (Lipinski definition) is 2. The predicted octanol–water partition coefficient (Wildman–Crippen LogP) is 4.06. The van der Waals surface area contributed by atoms with E-state index in [0.29, 0.717) is 0 Å². The van der Waals surface area contributed by atoms with Crippen molar-refractivity contribution in [2.45, 2.75) is 26.8 Å². The highest BCUT2D eigenvalue weighted by atomic mass is 14.9. The highest BCUT2D eigenvalue weighted by molar-refractivity contribution is 5.67. The molecule has 1 atom stereocenters. The van der Waals surface area contributed by atoms with E-state index < -0.39 is 0 Å². The minimum absolute atomic E-state index is 0.246. The molecule has 94 valence electrons. The van der Waals surface area contributed by atoms with Crippen molar-refractivity contribution < 1.29 is 0 Å². The zero-order valence-electron chi connectivity index (χ0n) is 11.2. The van der Waals surface area contributed by atoms with Gasteiger partial charge in [-0.2, -0.15) is 0 Å². The molecule has 0 saturated heterocycles. The van der Waals surface area contributed by atoms with Crippen LogP contribution in [0.5, 0.6) is 0 Å². The molecule has 2 heteroatoms. The van der Waals surface area contributed by atoms with Crippen molar-refractivity contribution in [3.63, 3.8) is 0 Å². The molecular formula is C16H20N2. The number of hydrogen-bond donors (Lipinski definition) is 2. The molecule has 2 aromatic carbocycles. The molecule has 0 fully saturated rings. The number of anilines is 2. The van der Waals surface area contributed by atoms with Gasteiger partial charge in [-0.05, 0) is 49.6 Å². The monoisotopic (exact) mass is 240 g/mol. The van der Waals surface area contributed by atoms with E-state index in [-0.39, 0.29) is 6.04 Å². The Morgan fingerprint density at radius 1 is 1.06 bits per heavy atom. The van der Waals surface area contributed by atoms with E-state index in [0.717, 1.165) is 11.4 Å². The summed E-state index contributed by atoms with van der Waals surface area (Å²) < 4.78 is 0. The lowest BCUT2D eigenvalue weighted by Crippen LogP contribution is -2.09. The van der Waals surface area contributed by atoms with Crippen LogP contribution in [-0.4, -0.2) is 0 Å². The second-order valence-electron chi connectivity index (χ2n) is 4.81. The molecule has 0 aliphatic heterocycles. The maximum Gasteiger partial charge on any atom is 0.0581 e.